The Hall–Kier alpha value is -3.03. The summed E-state index contributed by atoms with van der Waals surface area (Å²) in [6, 6.07) is 8.09. The van der Waals surface area contributed by atoms with Gasteiger partial charge in [-0.3, -0.25) is 14.8 Å². The van der Waals surface area contributed by atoms with Crippen LogP contribution < -0.4 is 5.32 Å². The summed E-state index contributed by atoms with van der Waals surface area (Å²) in [6.45, 7) is 0.750. The number of carbonyl (C=O) groups is 1. The molecule has 0 fully saturated rings. The second-order valence-electron chi connectivity index (χ2n) is 5.12. The Morgan fingerprint density at radius 3 is 3.00 bits per heavy atom. The highest BCUT2D eigenvalue weighted by Gasteiger charge is 2.21. The second-order valence-corrected chi connectivity index (χ2v) is 5.12. The molecular weight excluding hydrogens is 282 g/mol. The molecule has 0 aliphatic carbocycles. The van der Waals surface area contributed by atoms with E-state index in [1.807, 2.05) is 22.9 Å². The first kappa shape index (κ1) is 12.7. The van der Waals surface area contributed by atoms with E-state index in [4.69, 9.17) is 0 Å². The number of aryl methyl sites for hydroxylation is 3. The summed E-state index contributed by atoms with van der Waals surface area (Å²) in [5, 5.41) is 14.5. The van der Waals surface area contributed by atoms with Gasteiger partial charge >= 0.3 is 0 Å². The Labute approximate surface area is 125 Å². The van der Waals surface area contributed by atoms with Gasteiger partial charge in [-0.05, 0) is 12.0 Å². The number of amides is 1. The number of aromatic nitrogens is 6. The van der Waals surface area contributed by atoms with Crippen molar-refractivity contribution in [1.82, 2.24) is 29.8 Å². The third kappa shape index (κ3) is 2.05. The summed E-state index contributed by atoms with van der Waals surface area (Å²) in [6.07, 6.45) is 2.45. The van der Waals surface area contributed by atoms with Gasteiger partial charge in [-0.2, -0.15) is 4.98 Å². The fraction of sp³-hybridized carbons (Fsp3) is 0.214. The zero-order valence-electron chi connectivity index (χ0n) is 11.9. The molecule has 0 radical (unpaired) electrons. The van der Waals surface area contributed by atoms with Crippen LogP contribution in [0.3, 0.4) is 0 Å². The molecule has 1 aliphatic rings. The number of fused-ring (bicyclic) bond motifs is 3. The molecule has 1 aromatic carbocycles. The molecule has 0 bridgehead atoms. The number of hydrogen-bond donors (Lipinski definition) is 1. The SMILES string of the molecule is Cn1cc(C(=O)Nc2nc3n(n2)CCc2ccccc2-3)nn1. The van der Waals surface area contributed by atoms with E-state index in [0.717, 1.165) is 24.4 Å². The fourth-order valence-electron chi connectivity index (χ4n) is 2.55. The van der Waals surface area contributed by atoms with E-state index in [9.17, 15) is 4.79 Å². The molecule has 1 aliphatic heterocycles. The molecule has 0 atom stereocenters. The van der Waals surface area contributed by atoms with Crippen LogP contribution in [0.5, 0.6) is 0 Å². The summed E-state index contributed by atoms with van der Waals surface area (Å²) in [5.74, 6) is 0.683. The Bertz CT molecular complexity index is 864. The number of nitrogens with one attached hydrogen (secondary N) is 1. The van der Waals surface area contributed by atoms with E-state index in [2.05, 4.69) is 31.8 Å². The maximum atomic E-state index is 12.1. The second kappa shape index (κ2) is 4.76. The average Bonchev–Trinajstić information content (AvgIpc) is 3.13. The van der Waals surface area contributed by atoms with Gasteiger partial charge in [-0.1, -0.05) is 29.5 Å². The minimum absolute atomic E-state index is 0.232. The Kier molecular flexibility index (Phi) is 2.75. The summed E-state index contributed by atoms with van der Waals surface area (Å²) in [4.78, 5) is 16.5. The van der Waals surface area contributed by atoms with E-state index < -0.39 is 0 Å². The Morgan fingerprint density at radius 2 is 2.18 bits per heavy atom. The maximum absolute atomic E-state index is 12.1. The molecular formula is C14H13N7O. The lowest BCUT2D eigenvalue weighted by Crippen LogP contribution is -2.14. The number of nitrogens with zero attached hydrogens (tertiary/aromatic N) is 6. The topological polar surface area (TPSA) is 90.5 Å². The highest BCUT2D eigenvalue weighted by atomic mass is 16.2. The van der Waals surface area contributed by atoms with E-state index in [1.165, 1.54) is 10.2 Å². The molecule has 0 saturated carbocycles. The predicted molar refractivity (Wildman–Crippen MR) is 78.1 cm³/mol. The fourth-order valence-corrected chi connectivity index (χ4v) is 2.55. The molecule has 2 aromatic heterocycles. The molecule has 0 unspecified atom stereocenters. The van der Waals surface area contributed by atoms with Crippen molar-refractivity contribution >= 4 is 11.9 Å². The average molecular weight is 295 g/mol. The van der Waals surface area contributed by atoms with Crippen LogP contribution in [0.2, 0.25) is 0 Å². The number of rotatable bonds is 2. The number of benzene rings is 1. The molecule has 4 rings (SSSR count). The molecule has 8 nitrogen and oxygen atoms in total. The molecule has 3 heterocycles. The molecule has 1 N–H and O–H groups in total. The van der Waals surface area contributed by atoms with E-state index in [0.29, 0.717) is 0 Å². The first-order valence-electron chi connectivity index (χ1n) is 6.91. The van der Waals surface area contributed by atoms with Gasteiger partial charge in [0.15, 0.2) is 11.5 Å². The van der Waals surface area contributed by atoms with Crippen LogP contribution in [-0.4, -0.2) is 35.7 Å². The maximum Gasteiger partial charge on any atom is 0.280 e. The molecule has 0 saturated heterocycles. The van der Waals surface area contributed by atoms with Crippen LogP contribution in [-0.2, 0) is 20.0 Å². The lowest BCUT2D eigenvalue weighted by Gasteiger charge is -2.15. The van der Waals surface area contributed by atoms with Crippen molar-refractivity contribution in [2.24, 2.45) is 7.05 Å². The van der Waals surface area contributed by atoms with E-state index in [1.54, 1.807) is 13.2 Å². The zero-order valence-corrected chi connectivity index (χ0v) is 11.9. The monoisotopic (exact) mass is 295 g/mol. The van der Waals surface area contributed by atoms with Crippen LogP contribution >= 0.6 is 0 Å². The van der Waals surface area contributed by atoms with Crippen molar-refractivity contribution in [3.8, 4) is 11.4 Å². The van der Waals surface area contributed by atoms with Gasteiger partial charge in [0.25, 0.3) is 5.91 Å². The molecule has 8 heteroatoms. The van der Waals surface area contributed by atoms with Crippen LogP contribution in [0, 0.1) is 0 Å². The Morgan fingerprint density at radius 1 is 1.32 bits per heavy atom. The summed E-state index contributed by atoms with van der Waals surface area (Å²) in [5.41, 5.74) is 2.53. The van der Waals surface area contributed by atoms with Gasteiger partial charge < -0.3 is 0 Å². The highest BCUT2D eigenvalue weighted by molar-refractivity contribution is 6.01. The number of carbonyl (C=O) groups excluding carboxylic acids is 1. The van der Waals surface area contributed by atoms with Crippen LogP contribution in [0.15, 0.2) is 30.5 Å². The van der Waals surface area contributed by atoms with Gasteiger partial charge in [0, 0.05) is 19.2 Å². The summed E-state index contributed by atoms with van der Waals surface area (Å²) < 4.78 is 3.28. The quantitative estimate of drug-likeness (QED) is 0.758. The minimum Gasteiger partial charge on any atom is -0.288 e. The Balaban J connectivity index is 1.64. The number of anilines is 1. The zero-order chi connectivity index (χ0) is 15.1. The van der Waals surface area contributed by atoms with Crippen LogP contribution in [0.4, 0.5) is 5.95 Å². The van der Waals surface area contributed by atoms with Crippen molar-refractivity contribution in [3.05, 3.63) is 41.7 Å². The van der Waals surface area contributed by atoms with E-state index >= 15 is 0 Å². The molecule has 22 heavy (non-hydrogen) atoms. The summed E-state index contributed by atoms with van der Waals surface area (Å²) in [7, 11) is 1.70. The molecule has 110 valence electrons. The van der Waals surface area contributed by atoms with Gasteiger partial charge in [0.1, 0.15) is 0 Å². The molecule has 0 spiro atoms. The van der Waals surface area contributed by atoms with Gasteiger partial charge in [0.2, 0.25) is 5.95 Å². The van der Waals surface area contributed by atoms with Gasteiger partial charge in [0.05, 0.1) is 6.20 Å². The van der Waals surface area contributed by atoms with Crippen molar-refractivity contribution < 1.29 is 4.79 Å². The lowest BCUT2D eigenvalue weighted by atomic mass is 10.0. The normalized spacial score (nSPS) is 12.6. The van der Waals surface area contributed by atoms with E-state index in [-0.39, 0.29) is 17.5 Å². The van der Waals surface area contributed by atoms with Crippen LogP contribution in [0.1, 0.15) is 16.1 Å². The smallest absolute Gasteiger partial charge is 0.280 e. The predicted octanol–water partition coefficient (Wildman–Crippen LogP) is 0.882. The lowest BCUT2D eigenvalue weighted by molar-refractivity contribution is 0.102. The molecule has 1 amide bonds. The largest absolute Gasteiger partial charge is 0.288 e. The highest BCUT2D eigenvalue weighted by Crippen LogP contribution is 2.28. The standard InChI is InChI=1S/C14H13N7O/c1-20-8-11(17-19-20)13(22)16-14-15-12-10-5-3-2-4-9(10)6-7-21(12)18-14/h2-5,8H,6-7H2,1H3,(H,16,18,22). The first-order valence-corrected chi connectivity index (χ1v) is 6.91. The van der Waals surface area contributed by atoms with Gasteiger partial charge in [-0.25, -0.2) is 4.68 Å². The van der Waals surface area contributed by atoms with Crippen molar-refractivity contribution in [2.45, 2.75) is 13.0 Å². The van der Waals surface area contributed by atoms with Gasteiger partial charge in [-0.15, -0.1) is 10.2 Å². The number of hydrogen-bond acceptors (Lipinski definition) is 5. The first-order chi connectivity index (χ1) is 10.7. The van der Waals surface area contributed by atoms with Crippen molar-refractivity contribution in [2.75, 3.05) is 5.32 Å². The van der Waals surface area contributed by atoms with Crippen molar-refractivity contribution in [1.29, 1.82) is 0 Å². The van der Waals surface area contributed by atoms with Crippen LogP contribution in [0.25, 0.3) is 11.4 Å². The summed E-state index contributed by atoms with van der Waals surface area (Å²) >= 11 is 0. The third-order valence-corrected chi connectivity index (χ3v) is 3.58. The van der Waals surface area contributed by atoms with Crippen molar-refractivity contribution in [3.63, 3.8) is 0 Å². The third-order valence-electron chi connectivity index (χ3n) is 3.58. The minimum atomic E-state index is -0.371. The molecule has 3 aromatic rings.